The molecule has 0 aromatic rings. The van der Waals surface area contributed by atoms with E-state index in [1.807, 2.05) is 0 Å². The first-order valence-corrected chi connectivity index (χ1v) is 5.70. The lowest BCUT2D eigenvalue weighted by atomic mass is 9.75. The van der Waals surface area contributed by atoms with Gasteiger partial charge in [0.1, 0.15) is 6.61 Å². The van der Waals surface area contributed by atoms with Crippen molar-refractivity contribution in [2.24, 2.45) is 17.8 Å². The third-order valence-corrected chi connectivity index (χ3v) is 3.34. The Labute approximate surface area is 88.2 Å². The summed E-state index contributed by atoms with van der Waals surface area (Å²) in [5.41, 5.74) is 0. The van der Waals surface area contributed by atoms with Crippen molar-refractivity contribution < 1.29 is 4.74 Å². The van der Waals surface area contributed by atoms with Crippen LogP contribution in [0.15, 0.2) is 0 Å². The maximum atomic E-state index is 5.74. The molecule has 3 atom stereocenters. The number of hydrogen-bond donors (Lipinski definition) is 0. The zero-order valence-electron chi connectivity index (χ0n) is 9.62. The monoisotopic (exact) mass is 194 g/mol. The molecule has 0 bridgehead atoms. The Bertz CT molecular complexity index is 202. The van der Waals surface area contributed by atoms with Gasteiger partial charge in [-0.15, -0.1) is 6.42 Å². The molecule has 14 heavy (non-hydrogen) atoms. The third kappa shape index (κ3) is 3.03. The fourth-order valence-electron chi connectivity index (χ4n) is 2.46. The third-order valence-electron chi connectivity index (χ3n) is 3.34. The lowest BCUT2D eigenvalue weighted by Crippen LogP contribution is -2.34. The molecule has 1 aliphatic carbocycles. The summed E-state index contributed by atoms with van der Waals surface area (Å²) in [7, 11) is 0. The molecule has 0 radical (unpaired) electrons. The first-order valence-electron chi connectivity index (χ1n) is 5.70. The maximum absolute atomic E-state index is 5.74. The van der Waals surface area contributed by atoms with Crippen LogP contribution in [0.4, 0.5) is 0 Å². The van der Waals surface area contributed by atoms with E-state index in [0.717, 1.165) is 5.92 Å². The second-order valence-electron chi connectivity index (χ2n) is 4.88. The summed E-state index contributed by atoms with van der Waals surface area (Å²) in [6.45, 7) is 7.35. The summed E-state index contributed by atoms with van der Waals surface area (Å²) in [6.07, 6.45) is 9.46. The Kier molecular flexibility index (Phi) is 4.48. The van der Waals surface area contributed by atoms with Gasteiger partial charge in [-0.3, -0.25) is 0 Å². The highest BCUT2D eigenvalue weighted by molar-refractivity contribution is 4.86. The van der Waals surface area contributed by atoms with E-state index in [1.54, 1.807) is 0 Å². The van der Waals surface area contributed by atoms with Crippen molar-refractivity contribution in [1.29, 1.82) is 0 Å². The van der Waals surface area contributed by atoms with Gasteiger partial charge in [0.2, 0.25) is 0 Å². The predicted octanol–water partition coefficient (Wildman–Crippen LogP) is 3.10. The van der Waals surface area contributed by atoms with Crippen molar-refractivity contribution in [3.8, 4) is 12.3 Å². The molecular weight excluding hydrogens is 172 g/mol. The molecule has 1 rings (SSSR count). The molecule has 0 heterocycles. The van der Waals surface area contributed by atoms with E-state index in [-0.39, 0.29) is 0 Å². The Balaban J connectivity index is 2.50. The van der Waals surface area contributed by atoms with Gasteiger partial charge in [-0.2, -0.15) is 0 Å². The van der Waals surface area contributed by atoms with Crippen LogP contribution in [0.1, 0.15) is 40.0 Å². The molecule has 0 N–H and O–H groups in total. The molecule has 1 saturated carbocycles. The van der Waals surface area contributed by atoms with E-state index >= 15 is 0 Å². The van der Waals surface area contributed by atoms with Crippen LogP contribution in [0.25, 0.3) is 0 Å². The molecule has 1 fully saturated rings. The second kappa shape index (κ2) is 5.41. The van der Waals surface area contributed by atoms with Crippen LogP contribution in [0, 0.1) is 30.1 Å². The molecule has 0 aromatic carbocycles. The second-order valence-corrected chi connectivity index (χ2v) is 4.88. The Morgan fingerprint density at radius 1 is 1.43 bits per heavy atom. The topological polar surface area (TPSA) is 9.23 Å². The van der Waals surface area contributed by atoms with Crippen molar-refractivity contribution >= 4 is 0 Å². The van der Waals surface area contributed by atoms with Crippen LogP contribution in [0.2, 0.25) is 0 Å². The van der Waals surface area contributed by atoms with E-state index in [1.165, 1.54) is 19.3 Å². The molecule has 1 nitrogen and oxygen atoms in total. The van der Waals surface area contributed by atoms with Gasteiger partial charge in [0, 0.05) is 0 Å². The minimum atomic E-state index is 0.398. The Morgan fingerprint density at radius 2 is 2.14 bits per heavy atom. The van der Waals surface area contributed by atoms with Crippen LogP contribution in [0.5, 0.6) is 0 Å². The van der Waals surface area contributed by atoms with Gasteiger partial charge in [-0.25, -0.2) is 0 Å². The van der Waals surface area contributed by atoms with Crippen LogP contribution >= 0.6 is 0 Å². The molecule has 0 unspecified atom stereocenters. The predicted molar refractivity (Wildman–Crippen MR) is 59.9 cm³/mol. The van der Waals surface area contributed by atoms with Gasteiger partial charge in [0.05, 0.1) is 6.10 Å². The molecule has 1 aliphatic rings. The van der Waals surface area contributed by atoms with E-state index in [9.17, 15) is 0 Å². The number of terminal acetylenes is 1. The largest absolute Gasteiger partial charge is 0.365 e. The van der Waals surface area contributed by atoms with Crippen molar-refractivity contribution in [1.82, 2.24) is 0 Å². The van der Waals surface area contributed by atoms with Gasteiger partial charge in [0.15, 0.2) is 0 Å². The summed E-state index contributed by atoms with van der Waals surface area (Å²) in [4.78, 5) is 0. The molecule has 0 spiro atoms. The minimum Gasteiger partial charge on any atom is -0.365 e. The summed E-state index contributed by atoms with van der Waals surface area (Å²) >= 11 is 0. The van der Waals surface area contributed by atoms with Crippen LogP contribution in [0.3, 0.4) is 0 Å². The average Bonchev–Trinajstić information content (AvgIpc) is 2.14. The molecule has 0 aromatic heterocycles. The molecule has 0 aliphatic heterocycles. The summed E-state index contributed by atoms with van der Waals surface area (Å²) in [5.74, 6) is 4.79. The first-order chi connectivity index (χ1) is 6.65. The lowest BCUT2D eigenvalue weighted by molar-refractivity contribution is -0.0241. The SMILES string of the molecule is C#CCO[C@H]1C[C@@H](C)CC[C@@H]1C(C)C. The van der Waals surface area contributed by atoms with E-state index in [2.05, 4.69) is 26.7 Å². The van der Waals surface area contributed by atoms with Crippen LogP contribution < -0.4 is 0 Å². The van der Waals surface area contributed by atoms with E-state index in [0.29, 0.717) is 24.5 Å². The zero-order valence-corrected chi connectivity index (χ0v) is 9.62. The van der Waals surface area contributed by atoms with Gasteiger partial charge < -0.3 is 4.74 Å². The van der Waals surface area contributed by atoms with Crippen molar-refractivity contribution in [2.75, 3.05) is 6.61 Å². The van der Waals surface area contributed by atoms with Crippen LogP contribution in [-0.4, -0.2) is 12.7 Å². The number of rotatable bonds is 3. The lowest BCUT2D eigenvalue weighted by Gasteiger charge is -2.36. The van der Waals surface area contributed by atoms with Crippen LogP contribution in [-0.2, 0) is 4.74 Å². The summed E-state index contributed by atoms with van der Waals surface area (Å²) in [5, 5.41) is 0. The fraction of sp³-hybridized carbons (Fsp3) is 0.846. The number of hydrogen-bond acceptors (Lipinski definition) is 1. The minimum absolute atomic E-state index is 0.398. The number of ether oxygens (including phenoxy) is 1. The molecule has 0 saturated heterocycles. The van der Waals surface area contributed by atoms with E-state index < -0.39 is 0 Å². The van der Waals surface area contributed by atoms with Crippen molar-refractivity contribution in [3.63, 3.8) is 0 Å². The first kappa shape index (κ1) is 11.6. The summed E-state index contributed by atoms with van der Waals surface area (Å²) in [6, 6.07) is 0. The normalized spacial score (nSPS) is 32.9. The highest BCUT2D eigenvalue weighted by atomic mass is 16.5. The quantitative estimate of drug-likeness (QED) is 0.627. The molecule has 1 heteroatoms. The smallest absolute Gasteiger partial charge is 0.107 e. The van der Waals surface area contributed by atoms with Crippen molar-refractivity contribution in [3.05, 3.63) is 0 Å². The van der Waals surface area contributed by atoms with Crippen molar-refractivity contribution in [2.45, 2.75) is 46.1 Å². The zero-order chi connectivity index (χ0) is 10.6. The average molecular weight is 194 g/mol. The van der Waals surface area contributed by atoms with E-state index in [4.69, 9.17) is 11.2 Å². The highest BCUT2D eigenvalue weighted by Crippen LogP contribution is 2.35. The van der Waals surface area contributed by atoms with Gasteiger partial charge in [-0.05, 0) is 30.6 Å². The Morgan fingerprint density at radius 3 is 2.71 bits per heavy atom. The standard InChI is InChI=1S/C13H22O/c1-5-8-14-13-9-11(4)6-7-12(13)10(2)3/h1,10-13H,6-9H2,2-4H3/t11-,12+,13-/m0/s1. The molecular formula is C13H22O. The molecule has 0 amide bonds. The maximum Gasteiger partial charge on any atom is 0.107 e. The van der Waals surface area contributed by atoms with Gasteiger partial charge in [-0.1, -0.05) is 33.1 Å². The summed E-state index contributed by atoms with van der Waals surface area (Å²) < 4.78 is 5.74. The molecule has 80 valence electrons. The Hall–Kier alpha value is -0.480. The fourth-order valence-corrected chi connectivity index (χ4v) is 2.46. The highest BCUT2D eigenvalue weighted by Gasteiger charge is 2.30. The van der Waals surface area contributed by atoms with Gasteiger partial charge >= 0.3 is 0 Å². The van der Waals surface area contributed by atoms with Gasteiger partial charge in [0.25, 0.3) is 0 Å².